The molecule has 2 atom stereocenters. The van der Waals surface area contributed by atoms with Crippen molar-refractivity contribution in [3.8, 4) is 0 Å². The summed E-state index contributed by atoms with van der Waals surface area (Å²) in [5.41, 5.74) is 5.12. The number of hydrogen-bond acceptors (Lipinski definition) is 4. The minimum atomic E-state index is -1.17. The fourth-order valence-corrected chi connectivity index (χ4v) is 0.652. The van der Waals surface area contributed by atoms with E-state index in [1.54, 1.807) is 0 Å². The van der Waals surface area contributed by atoms with Crippen molar-refractivity contribution in [3.05, 3.63) is 0 Å². The van der Waals surface area contributed by atoms with Crippen molar-refractivity contribution in [2.45, 2.75) is 25.5 Å². The fourth-order valence-electron chi connectivity index (χ4n) is 0.652. The molecule has 0 rings (SSSR count). The van der Waals surface area contributed by atoms with Gasteiger partial charge >= 0.3 is 5.97 Å². The molecule has 6 heteroatoms. The highest BCUT2D eigenvalue weighted by molar-refractivity contribution is 5.78. The maximum Gasteiger partial charge on any atom is 0.322 e. The minimum Gasteiger partial charge on any atom is -0.480 e. The van der Waals surface area contributed by atoms with Crippen molar-refractivity contribution in [2.75, 3.05) is 6.54 Å². The first kappa shape index (κ1) is 11.9. The number of aliphatic hydroxyl groups excluding tert-OH is 1. The summed E-state index contributed by atoms with van der Waals surface area (Å²) in [6.45, 7) is 1.34. The molecule has 0 saturated carbocycles. The molecule has 1 amide bonds. The average Bonchev–Trinajstić information content (AvgIpc) is 1.98. The topological polar surface area (TPSA) is 113 Å². The van der Waals surface area contributed by atoms with E-state index < -0.39 is 24.0 Å². The number of nitrogens with one attached hydrogen (secondary N) is 1. The Hall–Kier alpha value is -1.14. The zero-order valence-electron chi connectivity index (χ0n) is 7.36. The van der Waals surface area contributed by atoms with Crippen molar-refractivity contribution in [2.24, 2.45) is 5.73 Å². The van der Waals surface area contributed by atoms with E-state index in [1.165, 1.54) is 6.92 Å². The summed E-state index contributed by atoms with van der Waals surface area (Å²) in [6.07, 6.45) is -0.784. The quantitative estimate of drug-likeness (QED) is 0.412. The lowest BCUT2D eigenvalue weighted by atomic mass is 10.2. The summed E-state index contributed by atoms with van der Waals surface area (Å²) in [6, 6.07) is -1.10. The lowest BCUT2D eigenvalue weighted by Crippen LogP contribution is -2.42. The highest BCUT2D eigenvalue weighted by Crippen LogP contribution is 1.88. The van der Waals surface area contributed by atoms with E-state index in [1.807, 2.05) is 0 Å². The third-order valence-corrected chi connectivity index (χ3v) is 1.32. The molecule has 0 spiro atoms. The molecule has 0 radical (unpaired) electrons. The van der Waals surface area contributed by atoms with Gasteiger partial charge in [-0.3, -0.25) is 9.59 Å². The van der Waals surface area contributed by atoms with Crippen LogP contribution in [0.4, 0.5) is 0 Å². The van der Waals surface area contributed by atoms with Gasteiger partial charge in [-0.15, -0.1) is 0 Å². The highest BCUT2D eigenvalue weighted by Gasteiger charge is 2.13. The summed E-state index contributed by atoms with van der Waals surface area (Å²) in [4.78, 5) is 21.1. The monoisotopic (exact) mass is 190 g/mol. The summed E-state index contributed by atoms with van der Waals surface area (Å²) in [5, 5.41) is 19.4. The Kier molecular flexibility index (Phi) is 5.01. The van der Waals surface area contributed by atoms with Gasteiger partial charge in [0.05, 0.1) is 12.5 Å². The van der Waals surface area contributed by atoms with Crippen LogP contribution < -0.4 is 11.1 Å². The van der Waals surface area contributed by atoms with Gasteiger partial charge in [0, 0.05) is 6.54 Å². The normalized spacial score (nSPS) is 14.7. The maximum atomic E-state index is 10.9. The van der Waals surface area contributed by atoms with Crippen molar-refractivity contribution in [1.29, 1.82) is 0 Å². The second-order valence-corrected chi connectivity index (χ2v) is 2.80. The smallest absolute Gasteiger partial charge is 0.322 e. The van der Waals surface area contributed by atoms with Crippen LogP contribution in [0.2, 0.25) is 0 Å². The van der Waals surface area contributed by atoms with E-state index in [-0.39, 0.29) is 13.0 Å². The van der Waals surface area contributed by atoms with Crippen LogP contribution in [0.3, 0.4) is 0 Å². The van der Waals surface area contributed by atoms with Crippen molar-refractivity contribution < 1.29 is 19.8 Å². The molecular formula is C7H14N2O4. The lowest BCUT2D eigenvalue weighted by molar-refractivity contribution is -0.138. The van der Waals surface area contributed by atoms with Gasteiger partial charge in [0.15, 0.2) is 0 Å². The van der Waals surface area contributed by atoms with Gasteiger partial charge in [-0.2, -0.15) is 0 Å². The number of aliphatic hydroxyl groups is 1. The molecule has 0 bridgehead atoms. The average molecular weight is 190 g/mol. The first-order chi connectivity index (χ1) is 5.93. The molecule has 0 aliphatic rings. The number of amides is 1. The molecule has 76 valence electrons. The van der Waals surface area contributed by atoms with E-state index in [0.717, 1.165) is 0 Å². The van der Waals surface area contributed by atoms with Gasteiger partial charge in [-0.25, -0.2) is 0 Å². The summed E-state index contributed by atoms with van der Waals surface area (Å²) < 4.78 is 0. The molecule has 0 aromatic rings. The molecule has 13 heavy (non-hydrogen) atoms. The van der Waals surface area contributed by atoms with E-state index in [0.29, 0.717) is 0 Å². The van der Waals surface area contributed by atoms with Gasteiger partial charge in [0.2, 0.25) is 5.91 Å². The van der Waals surface area contributed by atoms with Gasteiger partial charge < -0.3 is 21.3 Å². The number of carboxylic acids is 1. The van der Waals surface area contributed by atoms with Crippen molar-refractivity contribution in [3.63, 3.8) is 0 Å². The predicted octanol–water partition coefficient (Wildman–Crippen LogP) is -1.71. The molecule has 0 aromatic heterocycles. The summed E-state index contributed by atoms with van der Waals surface area (Å²) in [7, 11) is 0. The van der Waals surface area contributed by atoms with Crippen LogP contribution in [0.25, 0.3) is 0 Å². The van der Waals surface area contributed by atoms with Crippen LogP contribution >= 0.6 is 0 Å². The molecule has 0 heterocycles. The first-order valence-corrected chi connectivity index (χ1v) is 3.86. The van der Waals surface area contributed by atoms with Gasteiger partial charge in [-0.1, -0.05) is 0 Å². The summed E-state index contributed by atoms with van der Waals surface area (Å²) in [5.74, 6) is -1.58. The number of carbonyl (C=O) groups is 2. The number of rotatable bonds is 5. The number of aliphatic carboxylic acids is 1. The Morgan fingerprint density at radius 2 is 2.08 bits per heavy atom. The molecule has 0 saturated heterocycles. The molecule has 0 unspecified atom stereocenters. The van der Waals surface area contributed by atoms with E-state index in [2.05, 4.69) is 5.32 Å². The molecule has 5 N–H and O–H groups in total. The Morgan fingerprint density at radius 1 is 1.54 bits per heavy atom. The zero-order chi connectivity index (χ0) is 10.4. The van der Waals surface area contributed by atoms with Gasteiger partial charge in [0.1, 0.15) is 6.04 Å². The van der Waals surface area contributed by atoms with E-state index in [4.69, 9.17) is 15.9 Å². The second kappa shape index (κ2) is 5.50. The van der Waals surface area contributed by atoms with Crippen LogP contribution in [0.1, 0.15) is 13.3 Å². The largest absolute Gasteiger partial charge is 0.480 e. The predicted molar refractivity (Wildman–Crippen MR) is 44.9 cm³/mol. The zero-order valence-corrected chi connectivity index (χ0v) is 7.36. The van der Waals surface area contributed by atoms with E-state index in [9.17, 15) is 9.59 Å². The van der Waals surface area contributed by atoms with Crippen LogP contribution in [-0.2, 0) is 9.59 Å². The number of carboxylic acid groups (broad SMARTS) is 1. The fraction of sp³-hybridized carbons (Fsp3) is 0.714. The lowest BCUT2D eigenvalue weighted by Gasteiger charge is -2.09. The molecule has 6 nitrogen and oxygen atoms in total. The molecule has 0 fully saturated rings. The standard InChI is InChI=1S/C7H14N2O4/c1-4(10)2-6(11)9-3-5(8)7(12)13/h4-5,10H,2-3,8H2,1H3,(H,9,11)(H,12,13)/t4-,5+/m1/s1. The summed E-state index contributed by atoms with van der Waals surface area (Å²) >= 11 is 0. The minimum absolute atomic E-state index is 0.0493. The Morgan fingerprint density at radius 3 is 2.46 bits per heavy atom. The molecule has 0 aromatic carbocycles. The van der Waals surface area contributed by atoms with Crippen LogP contribution in [-0.4, -0.2) is 40.8 Å². The highest BCUT2D eigenvalue weighted by atomic mass is 16.4. The van der Waals surface area contributed by atoms with Crippen LogP contribution in [0.15, 0.2) is 0 Å². The maximum absolute atomic E-state index is 10.9. The van der Waals surface area contributed by atoms with Crippen molar-refractivity contribution >= 4 is 11.9 Å². The number of carbonyl (C=O) groups excluding carboxylic acids is 1. The first-order valence-electron chi connectivity index (χ1n) is 3.86. The van der Waals surface area contributed by atoms with Crippen LogP contribution in [0, 0.1) is 0 Å². The molecule has 0 aliphatic carbocycles. The van der Waals surface area contributed by atoms with Gasteiger partial charge in [-0.05, 0) is 6.92 Å². The van der Waals surface area contributed by atoms with Gasteiger partial charge in [0.25, 0.3) is 0 Å². The third-order valence-electron chi connectivity index (χ3n) is 1.32. The van der Waals surface area contributed by atoms with E-state index >= 15 is 0 Å². The Labute approximate surface area is 75.7 Å². The SMILES string of the molecule is C[C@@H](O)CC(=O)NC[C@H](N)C(=O)O. The second-order valence-electron chi connectivity index (χ2n) is 2.80. The van der Waals surface area contributed by atoms with Crippen LogP contribution in [0.5, 0.6) is 0 Å². The molecular weight excluding hydrogens is 176 g/mol. The number of hydrogen-bond donors (Lipinski definition) is 4. The number of nitrogens with two attached hydrogens (primary N) is 1. The third kappa shape index (κ3) is 6.06. The Balaban J connectivity index is 3.64. The Bertz CT molecular complexity index is 193. The van der Waals surface area contributed by atoms with Crippen molar-refractivity contribution in [1.82, 2.24) is 5.32 Å². The molecule has 0 aliphatic heterocycles.